The molecule has 5 heteroatoms. The lowest BCUT2D eigenvalue weighted by Crippen LogP contribution is -2.19. The zero-order valence-corrected chi connectivity index (χ0v) is 11.9. The van der Waals surface area contributed by atoms with Gasteiger partial charge in [-0.05, 0) is 44.0 Å². The van der Waals surface area contributed by atoms with Gasteiger partial charge in [0.15, 0.2) is 0 Å². The molecule has 0 fully saturated rings. The van der Waals surface area contributed by atoms with Crippen molar-refractivity contribution in [3.05, 3.63) is 29.8 Å². The summed E-state index contributed by atoms with van der Waals surface area (Å²) in [4.78, 5) is 10.5. The van der Waals surface area contributed by atoms with Crippen molar-refractivity contribution in [3.63, 3.8) is 0 Å². The van der Waals surface area contributed by atoms with Crippen LogP contribution in [0.4, 0.5) is 8.78 Å². The molecule has 1 aromatic carbocycles. The first-order valence-electron chi connectivity index (χ1n) is 6.57. The number of carboxylic acid groups (broad SMARTS) is 1. The molecule has 0 bridgehead atoms. The molecule has 1 aromatic rings. The highest BCUT2D eigenvalue weighted by atomic mass is 19.3. The van der Waals surface area contributed by atoms with Crippen LogP contribution in [0.3, 0.4) is 0 Å². The van der Waals surface area contributed by atoms with Crippen molar-refractivity contribution in [3.8, 4) is 5.75 Å². The lowest BCUT2D eigenvalue weighted by Gasteiger charge is -2.20. The van der Waals surface area contributed by atoms with Crippen molar-refractivity contribution in [2.45, 2.75) is 45.6 Å². The van der Waals surface area contributed by atoms with Crippen LogP contribution in [0.2, 0.25) is 0 Å². The average Bonchev–Trinajstić information content (AvgIpc) is 2.26. The SMILES string of the molecule is CC(CC(=O)O)CC(F)(F)c1ccc(OC(C)C)cc1. The van der Waals surface area contributed by atoms with Gasteiger partial charge in [0, 0.05) is 18.4 Å². The maximum atomic E-state index is 14.0. The third-order valence-electron chi connectivity index (χ3n) is 2.78. The fourth-order valence-corrected chi connectivity index (χ4v) is 1.98. The van der Waals surface area contributed by atoms with Gasteiger partial charge in [0.05, 0.1) is 6.10 Å². The Labute approximate surface area is 117 Å². The molecule has 0 heterocycles. The van der Waals surface area contributed by atoms with Gasteiger partial charge in [0.25, 0.3) is 5.92 Å². The van der Waals surface area contributed by atoms with Crippen molar-refractivity contribution in [1.82, 2.24) is 0 Å². The summed E-state index contributed by atoms with van der Waals surface area (Å²) in [6, 6.07) is 5.66. The molecule has 0 saturated heterocycles. The van der Waals surface area contributed by atoms with Gasteiger partial charge >= 0.3 is 5.97 Å². The Morgan fingerprint density at radius 3 is 2.25 bits per heavy atom. The molecule has 1 rings (SSSR count). The van der Waals surface area contributed by atoms with Gasteiger partial charge in [-0.15, -0.1) is 0 Å². The minimum Gasteiger partial charge on any atom is -0.491 e. The number of alkyl halides is 2. The molecule has 1 N–H and O–H groups in total. The molecule has 1 unspecified atom stereocenters. The highest BCUT2D eigenvalue weighted by molar-refractivity contribution is 5.66. The molecule has 0 amide bonds. The number of ether oxygens (including phenoxy) is 1. The Hall–Kier alpha value is -1.65. The molecule has 112 valence electrons. The van der Waals surface area contributed by atoms with Crippen LogP contribution in [0.25, 0.3) is 0 Å². The molecule has 0 saturated carbocycles. The van der Waals surface area contributed by atoms with Gasteiger partial charge in [-0.3, -0.25) is 4.79 Å². The first-order chi connectivity index (χ1) is 9.20. The van der Waals surface area contributed by atoms with Crippen LogP contribution in [0.5, 0.6) is 5.75 Å². The molecule has 0 spiro atoms. The number of hydrogen-bond acceptors (Lipinski definition) is 2. The second-order valence-corrected chi connectivity index (χ2v) is 5.30. The number of hydrogen-bond donors (Lipinski definition) is 1. The summed E-state index contributed by atoms with van der Waals surface area (Å²) in [7, 11) is 0. The van der Waals surface area contributed by atoms with Crippen LogP contribution < -0.4 is 4.74 Å². The van der Waals surface area contributed by atoms with E-state index >= 15 is 0 Å². The van der Waals surface area contributed by atoms with E-state index in [1.165, 1.54) is 31.2 Å². The smallest absolute Gasteiger partial charge is 0.303 e. The summed E-state index contributed by atoms with van der Waals surface area (Å²) in [5, 5.41) is 8.61. The largest absolute Gasteiger partial charge is 0.491 e. The van der Waals surface area contributed by atoms with Crippen molar-refractivity contribution < 1.29 is 23.4 Å². The van der Waals surface area contributed by atoms with Crippen molar-refractivity contribution in [1.29, 1.82) is 0 Å². The second-order valence-electron chi connectivity index (χ2n) is 5.30. The van der Waals surface area contributed by atoms with E-state index in [0.29, 0.717) is 5.75 Å². The predicted octanol–water partition coefficient (Wildman–Crippen LogP) is 4.07. The molecule has 3 nitrogen and oxygen atoms in total. The van der Waals surface area contributed by atoms with E-state index in [-0.39, 0.29) is 18.1 Å². The normalized spacial score (nSPS) is 13.3. The van der Waals surface area contributed by atoms with E-state index < -0.39 is 24.2 Å². The van der Waals surface area contributed by atoms with Crippen LogP contribution in [-0.2, 0) is 10.7 Å². The third kappa shape index (κ3) is 5.15. The zero-order chi connectivity index (χ0) is 15.3. The topological polar surface area (TPSA) is 46.5 Å². The number of benzene rings is 1. The number of rotatable bonds is 7. The van der Waals surface area contributed by atoms with Gasteiger partial charge in [0.1, 0.15) is 5.75 Å². The quantitative estimate of drug-likeness (QED) is 0.822. The summed E-state index contributed by atoms with van der Waals surface area (Å²) in [5.74, 6) is -4.15. The minimum atomic E-state index is -3.04. The third-order valence-corrected chi connectivity index (χ3v) is 2.78. The Kier molecular flexibility index (Phi) is 5.48. The maximum Gasteiger partial charge on any atom is 0.303 e. The van der Waals surface area contributed by atoms with Crippen molar-refractivity contribution in [2.75, 3.05) is 0 Å². The molecule has 0 radical (unpaired) electrons. The second kappa shape index (κ2) is 6.68. The van der Waals surface area contributed by atoms with Gasteiger partial charge in [-0.1, -0.05) is 6.92 Å². The molecular formula is C15H20F2O3. The van der Waals surface area contributed by atoms with Gasteiger partial charge in [0.2, 0.25) is 0 Å². The molecule has 0 aliphatic rings. The molecular weight excluding hydrogens is 266 g/mol. The number of carboxylic acids is 1. The highest BCUT2D eigenvalue weighted by Crippen LogP contribution is 2.36. The van der Waals surface area contributed by atoms with Crippen molar-refractivity contribution >= 4 is 5.97 Å². The van der Waals surface area contributed by atoms with Crippen LogP contribution in [0, 0.1) is 5.92 Å². The van der Waals surface area contributed by atoms with E-state index in [1.807, 2.05) is 13.8 Å². The summed E-state index contributed by atoms with van der Waals surface area (Å²) >= 11 is 0. The van der Waals surface area contributed by atoms with Crippen LogP contribution in [-0.4, -0.2) is 17.2 Å². The average molecular weight is 286 g/mol. The van der Waals surface area contributed by atoms with E-state index in [0.717, 1.165) is 0 Å². The fourth-order valence-electron chi connectivity index (χ4n) is 1.98. The maximum absolute atomic E-state index is 14.0. The zero-order valence-electron chi connectivity index (χ0n) is 11.9. The molecule has 20 heavy (non-hydrogen) atoms. The molecule has 1 atom stereocenters. The lowest BCUT2D eigenvalue weighted by atomic mass is 9.95. The summed E-state index contributed by atoms with van der Waals surface area (Å²) < 4.78 is 33.4. The number of aliphatic carboxylic acids is 1. The van der Waals surface area contributed by atoms with E-state index in [4.69, 9.17) is 9.84 Å². The molecule has 0 aromatic heterocycles. The standard InChI is InChI=1S/C15H20F2O3/c1-10(2)20-13-6-4-12(5-7-13)15(16,17)9-11(3)8-14(18)19/h4-7,10-11H,8-9H2,1-3H3,(H,18,19). The first-order valence-corrected chi connectivity index (χ1v) is 6.57. The number of carbonyl (C=O) groups is 1. The van der Waals surface area contributed by atoms with Gasteiger partial charge in [-0.2, -0.15) is 0 Å². The van der Waals surface area contributed by atoms with Crippen molar-refractivity contribution in [2.24, 2.45) is 5.92 Å². The Morgan fingerprint density at radius 1 is 1.25 bits per heavy atom. The highest BCUT2D eigenvalue weighted by Gasteiger charge is 2.33. The number of halogens is 2. The van der Waals surface area contributed by atoms with Gasteiger partial charge < -0.3 is 9.84 Å². The predicted molar refractivity (Wildman–Crippen MR) is 72.1 cm³/mol. The summed E-state index contributed by atoms with van der Waals surface area (Å²) in [6.45, 7) is 5.23. The monoisotopic (exact) mass is 286 g/mol. The van der Waals surface area contributed by atoms with Crippen LogP contribution >= 0.6 is 0 Å². The van der Waals surface area contributed by atoms with E-state index in [9.17, 15) is 13.6 Å². The lowest BCUT2D eigenvalue weighted by molar-refractivity contribution is -0.138. The van der Waals surface area contributed by atoms with E-state index in [1.54, 1.807) is 0 Å². The minimum absolute atomic E-state index is 0.0167. The summed E-state index contributed by atoms with van der Waals surface area (Å²) in [5.41, 5.74) is -0.120. The fraction of sp³-hybridized carbons (Fsp3) is 0.533. The Bertz CT molecular complexity index is 441. The molecule has 0 aliphatic heterocycles. The van der Waals surface area contributed by atoms with E-state index in [2.05, 4.69) is 0 Å². The van der Waals surface area contributed by atoms with Crippen LogP contribution in [0.15, 0.2) is 24.3 Å². The van der Waals surface area contributed by atoms with Crippen LogP contribution in [0.1, 0.15) is 39.2 Å². The Morgan fingerprint density at radius 2 is 1.80 bits per heavy atom. The summed E-state index contributed by atoms with van der Waals surface area (Å²) in [6.07, 6.45) is -0.759. The van der Waals surface area contributed by atoms with Gasteiger partial charge in [-0.25, -0.2) is 8.78 Å². The Balaban J connectivity index is 2.74. The molecule has 0 aliphatic carbocycles. The first kappa shape index (κ1) is 16.4.